The molecule has 0 saturated carbocycles. The van der Waals surface area contributed by atoms with Crippen molar-refractivity contribution in [1.82, 2.24) is 5.32 Å². The Morgan fingerprint density at radius 2 is 2.17 bits per heavy atom. The number of aliphatic hydroxyl groups is 1. The number of rotatable bonds is 5. The van der Waals surface area contributed by atoms with Gasteiger partial charge in [-0.1, -0.05) is 12.1 Å². The summed E-state index contributed by atoms with van der Waals surface area (Å²) >= 11 is 0. The summed E-state index contributed by atoms with van der Waals surface area (Å²) in [5.74, 6) is 0.237. The molecule has 2 N–H and O–H groups in total. The number of ether oxygens (including phenoxy) is 1. The van der Waals surface area contributed by atoms with Crippen LogP contribution < -0.4 is 5.32 Å². The van der Waals surface area contributed by atoms with Gasteiger partial charge in [0.2, 0.25) is 0 Å². The van der Waals surface area contributed by atoms with E-state index in [9.17, 15) is 9.50 Å². The Morgan fingerprint density at radius 3 is 2.78 bits per heavy atom. The molecule has 0 spiro atoms. The molecule has 4 heteroatoms. The van der Waals surface area contributed by atoms with Crippen LogP contribution in [0.5, 0.6) is 0 Å². The lowest BCUT2D eigenvalue weighted by Crippen LogP contribution is -2.36. The van der Waals surface area contributed by atoms with E-state index in [0.29, 0.717) is 18.5 Å². The molecule has 0 bridgehead atoms. The number of hydrogen-bond donors (Lipinski definition) is 2. The molecule has 3 atom stereocenters. The third-order valence-corrected chi connectivity index (χ3v) is 3.56. The van der Waals surface area contributed by atoms with Crippen LogP contribution in [0.2, 0.25) is 0 Å². The second-order valence-corrected chi connectivity index (χ2v) is 4.89. The van der Waals surface area contributed by atoms with Crippen LogP contribution in [-0.2, 0) is 4.74 Å². The molecule has 0 aliphatic carbocycles. The first kappa shape index (κ1) is 13.5. The van der Waals surface area contributed by atoms with Crippen LogP contribution >= 0.6 is 0 Å². The molecule has 1 saturated heterocycles. The van der Waals surface area contributed by atoms with E-state index >= 15 is 0 Å². The zero-order chi connectivity index (χ0) is 13.0. The topological polar surface area (TPSA) is 41.5 Å². The minimum absolute atomic E-state index is 0.282. The van der Waals surface area contributed by atoms with Gasteiger partial charge in [0.25, 0.3) is 0 Å². The highest BCUT2D eigenvalue weighted by Gasteiger charge is 2.22. The fraction of sp³-hybridized carbons (Fsp3) is 0.571. The van der Waals surface area contributed by atoms with E-state index in [-0.39, 0.29) is 5.82 Å². The first-order valence-corrected chi connectivity index (χ1v) is 6.41. The highest BCUT2D eigenvalue weighted by molar-refractivity contribution is 5.18. The molecule has 1 fully saturated rings. The zero-order valence-corrected chi connectivity index (χ0v) is 10.6. The van der Waals surface area contributed by atoms with Gasteiger partial charge >= 0.3 is 0 Å². The molecule has 100 valence electrons. The average Bonchev–Trinajstić information content (AvgIpc) is 2.90. The van der Waals surface area contributed by atoms with Gasteiger partial charge in [-0.3, -0.25) is 0 Å². The fourth-order valence-electron chi connectivity index (χ4n) is 2.21. The first-order valence-electron chi connectivity index (χ1n) is 6.41. The molecule has 1 heterocycles. The lowest BCUT2D eigenvalue weighted by Gasteiger charge is -2.21. The molecule has 0 radical (unpaired) electrons. The Labute approximate surface area is 107 Å². The van der Waals surface area contributed by atoms with E-state index in [0.717, 1.165) is 25.2 Å². The monoisotopic (exact) mass is 253 g/mol. The molecular formula is C14H20FNO2. The first-order chi connectivity index (χ1) is 8.66. The smallest absolute Gasteiger partial charge is 0.123 e. The minimum Gasteiger partial charge on any atom is -0.387 e. The maximum Gasteiger partial charge on any atom is 0.123 e. The van der Waals surface area contributed by atoms with Gasteiger partial charge in [-0.05, 0) is 37.0 Å². The summed E-state index contributed by atoms with van der Waals surface area (Å²) in [7, 11) is 0. The maximum atomic E-state index is 12.8. The summed E-state index contributed by atoms with van der Waals surface area (Å²) in [5, 5.41) is 13.3. The molecule has 18 heavy (non-hydrogen) atoms. The van der Waals surface area contributed by atoms with E-state index < -0.39 is 6.10 Å². The summed E-state index contributed by atoms with van der Waals surface area (Å²) in [6.07, 6.45) is 0.469. The Kier molecular flexibility index (Phi) is 4.69. The van der Waals surface area contributed by atoms with Crippen molar-refractivity contribution in [2.75, 3.05) is 19.8 Å². The quantitative estimate of drug-likeness (QED) is 0.842. The highest BCUT2D eigenvalue weighted by atomic mass is 19.1. The number of benzene rings is 1. The standard InChI is InChI=1S/C14H20FNO2/c1-10(12-6-7-18-9-12)16-8-14(17)11-2-4-13(15)5-3-11/h2-5,10,12,14,16-17H,6-9H2,1H3. The van der Waals surface area contributed by atoms with E-state index in [1.807, 2.05) is 0 Å². The van der Waals surface area contributed by atoms with Crippen LogP contribution in [0.4, 0.5) is 4.39 Å². The maximum absolute atomic E-state index is 12.8. The largest absolute Gasteiger partial charge is 0.387 e. The second-order valence-electron chi connectivity index (χ2n) is 4.89. The summed E-state index contributed by atoms with van der Waals surface area (Å²) in [6, 6.07) is 6.29. The van der Waals surface area contributed by atoms with Gasteiger partial charge < -0.3 is 15.2 Å². The van der Waals surface area contributed by atoms with Gasteiger partial charge in [0, 0.05) is 19.2 Å². The van der Waals surface area contributed by atoms with Crippen LogP contribution in [0, 0.1) is 11.7 Å². The van der Waals surface area contributed by atoms with Crippen LogP contribution in [-0.4, -0.2) is 30.9 Å². The van der Waals surface area contributed by atoms with E-state index in [2.05, 4.69) is 12.2 Å². The normalized spacial score (nSPS) is 22.9. The van der Waals surface area contributed by atoms with E-state index in [1.54, 1.807) is 12.1 Å². The summed E-state index contributed by atoms with van der Waals surface area (Å²) in [6.45, 7) is 4.21. The van der Waals surface area contributed by atoms with Crippen molar-refractivity contribution in [2.24, 2.45) is 5.92 Å². The fourth-order valence-corrected chi connectivity index (χ4v) is 2.21. The van der Waals surface area contributed by atoms with Gasteiger partial charge in [-0.2, -0.15) is 0 Å². The van der Waals surface area contributed by atoms with Crippen molar-refractivity contribution in [1.29, 1.82) is 0 Å². The Bertz CT molecular complexity index is 363. The van der Waals surface area contributed by atoms with Crippen LogP contribution in [0.15, 0.2) is 24.3 Å². The Morgan fingerprint density at radius 1 is 1.44 bits per heavy atom. The molecule has 1 aromatic carbocycles. The summed E-state index contributed by atoms with van der Waals surface area (Å²) in [4.78, 5) is 0. The highest BCUT2D eigenvalue weighted by Crippen LogP contribution is 2.18. The molecule has 0 amide bonds. The SMILES string of the molecule is CC(NCC(O)c1ccc(F)cc1)C1CCOC1. The Balaban J connectivity index is 1.80. The zero-order valence-electron chi connectivity index (χ0n) is 10.6. The van der Waals surface area contributed by atoms with Gasteiger partial charge in [-0.15, -0.1) is 0 Å². The number of nitrogens with one attached hydrogen (secondary N) is 1. The van der Waals surface area contributed by atoms with E-state index in [1.165, 1.54) is 12.1 Å². The summed E-state index contributed by atoms with van der Waals surface area (Å²) in [5.41, 5.74) is 0.735. The van der Waals surface area contributed by atoms with Crippen LogP contribution in [0.25, 0.3) is 0 Å². The van der Waals surface area contributed by atoms with Gasteiger partial charge in [-0.25, -0.2) is 4.39 Å². The molecule has 0 aromatic heterocycles. The lowest BCUT2D eigenvalue weighted by atomic mass is 10.0. The Hall–Kier alpha value is -0.970. The predicted molar refractivity (Wildman–Crippen MR) is 67.8 cm³/mol. The minimum atomic E-state index is -0.602. The van der Waals surface area contributed by atoms with Crippen molar-refractivity contribution in [3.63, 3.8) is 0 Å². The van der Waals surface area contributed by atoms with Gasteiger partial charge in [0.15, 0.2) is 0 Å². The molecule has 1 aromatic rings. The average molecular weight is 253 g/mol. The van der Waals surface area contributed by atoms with Crippen molar-refractivity contribution >= 4 is 0 Å². The molecule has 3 unspecified atom stereocenters. The van der Waals surface area contributed by atoms with Gasteiger partial charge in [0.1, 0.15) is 5.82 Å². The predicted octanol–water partition coefficient (Wildman–Crippen LogP) is 1.87. The van der Waals surface area contributed by atoms with Crippen molar-refractivity contribution in [3.8, 4) is 0 Å². The van der Waals surface area contributed by atoms with Crippen molar-refractivity contribution in [2.45, 2.75) is 25.5 Å². The molecule has 2 rings (SSSR count). The molecule has 1 aliphatic heterocycles. The second kappa shape index (κ2) is 6.27. The number of hydrogen-bond acceptors (Lipinski definition) is 3. The molecule has 1 aliphatic rings. The molecular weight excluding hydrogens is 233 g/mol. The van der Waals surface area contributed by atoms with E-state index in [4.69, 9.17) is 4.74 Å². The number of halogens is 1. The van der Waals surface area contributed by atoms with Crippen LogP contribution in [0.3, 0.4) is 0 Å². The lowest BCUT2D eigenvalue weighted by molar-refractivity contribution is 0.156. The van der Waals surface area contributed by atoms with Crippen LogP contribution in [0.1, 0.15) is 25.0 Å². The van der Waals surface area contributed by atoms with Gasteiger partial charge in [0.05, 0.1) is 12.7 Å². The molecule has 3 nitrogen and oxygen atoms in total. The van der Waals surface area contributed by atoms with Crippen molar-refractivity contribution in [3.05, 3.63) is 35.6 Å². The van der Waals surface area contributed by atoms with Crippen molar-refractivity contribution < 1.29 is 14.2 Å². The number of aliphatic hydroxyl groups excluding tert-OH is 1. The summed E-state index contributed by atoms with van der Waals surface area (Å²) < 4.78 is 18.1. The third kappa shape index (κ3) is 3.51. The third-order valence-electron chi connectivity index (χ3n) is 3.56.